The molecule has 1 aliphatic rings. The second-order valence-electron chi connectivity index (χ2n) is 4.98. The van der Waals surface area contributed by atoms with Crippen molar-refractivity contribution in [2.24, 2.45) is 15.8 Å². The van der Waals surface area contributed by atoms with Gasteiger partial charge in [0.1, 0.15) is 10.5 Å². The van der Waals surface area contributed by atoms with Crippen LogP contribution in [0, 0.1) is 0 Å². The molecule has 8 nitrogen and oxygen atoms in total. The van der Waals surface area contributed by atoms with E-state index in [1.54, 1.807) is 13.3 Å². The molecule has 0 aromatic heterocycles. The highest BCUT2D eigenvalue weighted by Crippen LogP contribution is 2.29. The molecule has 4 N–H and O–H groups in total. The zero-order valence-electron chi connectivity index (χ0n) is 13.4. The highest BCUT2D eigenvalue weighted by Gasteiger charge is 2.25. The molecule has 0 saturated heterocycles. The number of amidine groups is 1. The Morgan fingerprint density at radius 2 is 2.24 bits per heavy atom. The van der Waals surface area contributed by atoms with Crippen molar-refractivity contribution in [2.75, 3.05) is 7.11 Å². The predicted octanol–water partition coefficient (Wildman–Crippen LogP) is 1.46. The second-order valence-corrected chi connectivity index (χ2v) is 7.46. The fourth-order valence-corrected chi connectivity index (χ4v) is 3.64. The average Bonchev–Trinajstić information content (AvgIpc) is 3.05. The van der Waals surface area contributed by atoms with Crippen LogP contribution in [-0.4, -0.2) is 45.4 Å². The predicted molar refractivity (Wildman–Crippen MR) is 100.0 cm³/mol. The van der Waals surface area contributed by atoms with Gasteiger partial charge in [-0.3, -0.25) is 15.0 Å². The molecule has 10 heteroatoms. The van der Waals surface area contributed by atoms with Crippen molar-refractivity contribution in [2.45, 2.75) is 23.6 Å². The van der Waals surface area contributed by atoms with Gasteiger partial charge >= 0.3 is 5.97 Å². The lowest BCUT2D eigenvalue weighted by Crippen LogP contribution is -2.31. The van der Waals surface area contributed by atoms with E-state index in [0.717, 1.165) is 23.1 Å². The minimum absolute atomic E-state index is 0.113. The van der Waals surface area contributed by atoms with Gasteiger partial charge in [0.2, 0.25) is 10.3 Å². The number of aliphatic imine (C=N–C) groups is 1. The number of thioether (sulfide) groups is 2. The molecule has 0 aliphatic carbocycles. The molecule has 0 spiro atoms. The molecule has 2 rings (SSSR count). The fourth-order valence-electron chi connectivity index (χ4n) is 1.78. The Bertz CT molecular complexity index is 679. The molecule has 0 radical (unpaired) electrons. The highest BCUT2D eigenvalue weighted by molar-refractivity contribution is 8.30. The molecule has 1 aliphatic heterocycles. The molecule has 2 unspecified atom stereocenters. The molecular weight excluding hydrogens is 364 g/mol. The van der Waals surface area contributed by atoms with E-state index in [4.69, 9.17) is 15.6 Å². The van der Waals surface area contributed by atoms with E-state index < -0.39 is 12.0 Å². The summed E-state index contributed by atoms with van der Waals surface area (Å²) in [5.74, 6) is -0.208. The first-order valence-corrected chi connectivity index (χ1v) is 9.09. The van der Waals surface area contributed by atoms with Crippen LogP contribution in [0.5, 0.6) is 5.75 Å². The third-order valence-corrected chi connectivity index (χ3v) is 5.27. The number of aliphatic carboxylic acids is 1. The van der Waals surface area contributed by atoms with E-state index in [0.29, 0.717) is 5.17 Å². The van der Waals surface area contributed by atoms with Gasteiger partial charge in [-0.1, -0.05) is 0 Å². The van der Waals surface area contributed by atoms with E-state index in [-0.39, 0.29) is 22.7 Å². The standard InChI is InChI=1S/C15H18N4O4S2/c1-23-10-4-2-9(3-5-10)8-17-14-18-19-15(25-14)24-13(22)11(16)6-7-12(20)21/h2-5,8,11,15,19H,6-7,16H2,1H3,(H,20,21). The first-order valence-electron chi connectivity index (χ1n) is 7.34. The van der Waals surface area contributed by atoms with E-state index in [1.165, 1.54) is 11.8 Å². The van der Waals surface area contributed by atoms with Gasteiger partial charge in [0.25, 0.3) is 0 Å². The Kier molecular flexibility index (Phi) is 7.29. The SMILES string of the molecule is COc1ccc(C=NC2=NNC(SC(=O)C(N)CCC(=O)O)S2)cc1. The molecule has 25 heavy (non-hydrogen) atoms. The Morgan fingerprint density at radius 3 is 2.88 bits per heavy atom. The van der Waals surface area contributed by atoms with Crippen LogP contribution in [0.25, 0.3) is 0 Å². The lowest BCUT2D eigenvalue weighted by atomic mass is 10.2. The van der Waals surface area contributed by atoms with Crippen molar-refractivity contribution in [1.29, 1.82) is 0 Å². The van der Waals surface area contributed by atoms with Crippen LogP contribution >= 0.6 is 23.5 Å². The molecule has 134 valence electrons. The number of carboxylic acids is 1. The topological polar surface area (TPSA) is 126 Å². The van der Waals surface area contributed by atoms with Crippen molar-refractivity contribution in [1.82, 2.24) is 5.43 Å². The Labute approximate surface area is 153 Å². The number of nitrogens with one attached hydrogen (secondary N) is 1. The second kappa shape index (κ2) is 9.44. The number of hydrogen-bond acceptors (Lipinski definition) is 9. The van der Waals surface area contributed by atoms with Crippen LogP contribution < -0.4 is 15.9 Å². The molecule has 0 amide bonds. The number of carboxylic acid groups (broad SMARTS) is 1. The molecule has 2 atom stereocenters. The van der Waals surface area contributed by atoms with Crippen LogP contribution in [0.1, 0.15) is 18.4 Å². The van der Waals surface area contributed by atoms with E-state index in [9.17, 15) is 9.59 Å². The van der Waals surface area contributed by atoms with Gasteiger partial charge in [0, 0.05) is 12.6 Å². The first kappa shape index (κ1) is 19.3. The van der Waals surface area contributed by atoms with Gasteiger partial charge in [-0.05, 0) is 59.8 Å². The summed E-state index contributed by atoms with van der Waals surface area (Å²) >= 11 is 2.28. The number of nitrogens with two attached hydrogens (primary N) is 1. The molecule has 0 saturated carbocycles. The summed E-state index contributed by atoms with van der Waals surface area (Å²) in [7, 11) is 1.60. The molecule has 1 heterocycles. The summed E-state index contributed by atoms with van der Waals surface area (Å²) in [4.78, 5) is 26.7. The third kappa shape index (κ3) is 6.40. The maximum atomic E-state index is 11.9. The number of carbonyl (C=O) groups is 2. The molecular formula is C15H18N4O4S2. The number of benzene rings is 1. The van der Waals surface area contributed by atoms with Crippen LogP contribution in [0.15, 0.2) is 34.4 Å². The number of rotatable bonds is 7. The summed E-state index contributed by atoms with van der Waals surface area (Å²) in [6.45, 7) is 0. The van der Waals surface area contributed by atoms with Crippen molar-refractivity contribution in [3.63, 3.8) is 0 Å². The maximum Gasteiger partial charge on any atom is 0.303 e. The Morgan fingerprint density at radius 1 is 1.52 bits per heavy atom. The number of nitrogens with zero attached hydrogens (tertiary/aromatic N) is 2. The van der Waals surface area contributed by atoms with E-state index in [1.807, 2.05) is 24.3 Å². The number of hydrogen-bond donors (Lipinski definition) is 3. The number of carbonyl (C=O) groups excluding carboxylic acids is 1. The summed E-state index contributed by atoms with van der Waals surface area (Å²) < 4.78 is 4.76. The van der Waals surface area contributed by atoms with Gasteiger partial charge in [0.15, 0.2) is 0 Å². The largest absolute Gasteiger partial charge is 0.497 e. The minimum atomic E-state index is -0.972. The zero-order chi connectivity index (χ0) is 18.2. The van der Waals surface area contributed by atoms with Crippen LogP contribution in [-0.2, 0) is 9.59 Å². The fraction of sp³-hybridized carbons (Fsp3) is 0.333. The van der Waals surface area contributed by atoms with E-state index >= 15 is 0 Å². The number of hydrazone groups is 1. The number of methoxy groups -OCH3 is 1. The van der Waals surface area contributed by atoms with Gasteiger partial charge in [-0.15, -0.1) is 0 Å². The van der Waals surface area contributed by atoms with Gasteiger partial charge in [-0.2, -0.15) is 5.10 Å². The molecule has 0 bridgehead atoms. The van der Waals surface area contributed by atoms with Crippen molar-refractivity contribution in [3.05, 3.63) is 29.8 Å². The number of ether oxygens (including phenoxy) is 1. The van der Waals surface area contributed by atoms with Crippen LogP contribution in [0.3, 0.4) is 0 Å². The highest BCUT2D eigenvalue weighted by atomic mass is 32.2. The lowest BCUT2D eigenvalue weighted by Gasteiger charge is -2.11. The van der Waals surface area contributed by atoms with Crippen LogP contribution in [0.4, 0.5) is 0 Å². The first-order chi connectivity index (χ1) is 12.0. The van der Waals surface area contributed by atoms with Crippen molar-refractivity contribution < 1.29 is 19.4 Å². The monoisotopic (exact) mass is 382 g/mol. The Hall–Kier alpha value is -2.04. The summed E-state index contributed by atoms with van der Waals surface area (Å²) in [6, 6.07) is 6.59. The third-order valence-electron chi connectivity index (χ3n) is 3.11. The quantitative estimate of drug-likeness (QED) is 0.605. The Balaban J connectivity index is 1.79. The van der Waals surface area contributed by atoms with Gasteiger partial charge < -0.3 is 15.6 Å². The zero-order valence-corrected chi connectivity index (χ0v) is 15.0. The van der Waals surface area contributed by atoms with Crippen molar-refractivity contribution >= 4 is 46.0 Å². The maximum absolute atomic E-state index is 11.9. The average molecular weight is 382 g/mol. The molecule has 1 aromatic carbocycles. The van der Waals surface area contributed by atoms with Gasteiger partial charge in [-0.25, -0.2) is 4.99 Å². The van der Waals surface area contributed by atoms with Crippen molar-refractivity contribution in [3.8, 4) is 5.75 Å². The molecule has 0 fully saturated rings. The summed E-state index contributed by atoms with van der Waals surface area (Å²) in [6.07, 6.45) is 1.65. The van der Waals surface area contributed by atoms with E-state index in [2.05, 4.69) is 15.5 Å². The minimum Gasteiger partial charge on any atom is -0.497 e. The summed E-state index contributed by atoms with van der Waals surface area (Å²) in [5, 5.41) is 12.9. The lowest BCUT2D eigenvalue weighted by molar-refractivity contribution is -0.137. The summed E-state index contributed by atoms with van der Waals surface area (Å²) in [5.41, 5.74) is 9.38. The normalized spacial score (nSPS) is 17.8. The molecule has 1 aromatic rings. The van der Waals surface area contributed by atoms with Gasteiger partial charge in [0.05, 0.1) is 13.2 Å². The smallest absolute Gasteiger partial charge is 0.303 e. The van der Waals surface area contributed by atoms with Crippen LogP contribution in [0.2, 0.25) is 0 Å².